The van der Waals surface area contributed by atoms with Crippen molar-refractivity contribution in [1.29, 1.82) is 0 Å². The van der Waals surface area contributed by atoms with Crippen molar-refractivity contribution in [1.82, 2.24) is 4.90 Å². The first-order valence-electron chi connectivity index (χ1n) is 10.3. The van der Waals surface area contributed by atoms with E-state index in [1.807, 2.05) is 6.92 Å². The summed E-state index contributed by atoms with van der Waals surface area (Å²) < 4.78 is 22.1. The van der Waals surface area contributed by atoms with E-state index in [1.165, 1.54) is 7.11 Å². The number of halogens is 1. The monoisotopic (exact) mass is 450 g/mol. The van der Waals surface area contributed by atoms with Crippen molar-refractivity contribution in [3.8, 4) is 23.0 Å². The number of rotatable bonds is 12. The van der Waals surface area contributed by atoms with Gasteiger partial charge in [0.1, 0.15) is 6.61 Å². The van der Waals surface area contributed by atoms with Gasteiger partial charge in [-0.2, -0.15) is 0 Å². The highest BCUT2D eigenvalue weighted by atomic mass is 35.5. The Hall–Kier alpha value is -2.64. The van der Waals surface area contributed by atoms with Crippen LogP contribution in [0.5, 0.6) is 23.0 Å². The number of anilines is 1. The average Bonchev–Trinajstić information content (AvgIpc) is 2.78. The van der Waals surface area contributed by atoms with Gasteiger partial charge in [-0.15, -0.1) is 0 Å². The van der Waals surface area contributed by atoms with E-state index in [1.54, 1.807) is 37.4 Å². The molecular formula is C23H31ClN2O5. The maximum atomic E-state index is 12.8. The van der Waals surface area contributed by atoms with E-state index in [9.17, 15) is 4.79 Å². The summed E-state index contributed by atoms with van der Waals surface area (Å²) in [5.41, 5.74) is 0.928. The maximum Gasteiger partial charge on any atom is 0.255 e. The third kappa shape index (κ3) is 6.67. The normalized spacial score (nSPS) is 10.7. The highest BCUT2D eigenvalue weighted by Gasteiger charge is 2.17. The molecule has 0 saturated heterocycles. The molecule has 0 aromatic heterocycles. The lowest BCUT2D eigenvalue weighted by atomic mass is 10.1. The first-order chi connectivity index (χ1) is 15.0. The Morgan fingerprint density at radius 3 is 2.29 bits per heavy atom. The predicted octanol–water partition coefficient (Wildman–Crippen LogP) is 4.73. The minimum absolute atomic E-state index is 0.307. The zero-order valence-electron chi connectivity index (χ0n) is 18.8. The smallest absolute Gasteiger partial charge is 0.255 e. The number of benzene rings is 2. The van der Waals surface area contributed by atoms with Crippen molar-refractivity contribution < 1.29 is 23.7 Å². The van der Waals surface area contributed by atoms with Crippen LogP contribution in [-0.2, 0) is 0 Å². The van der Waals surface area contributed by atoms with E-state index in [2.05, 4.69) is 24.1 Å². The number of hydrogen-bond donors (Lipinski definition) is 1. The fraction of sp³-hybridized carbons (Fsp3) is 0.435. The third-order valence-corrected chi connectivity index (χ3v) is 5.04. The van der Waals surface area contributed by atoms with Crippen molar-refractivity contribution in [3.05, 3.63) is 40.9 Å². The molecule has 7 nitrogen and oxygen atoms in total. The van der Waals surface area contributed by atoms with Crippen LogP contribution in [0.2, 0.25) is 5.02 Å². The molecule has 0 fully saturated rings. The van der Waals surface area contributed by atoms with E-state index in [-0.39, 0.29) is 5.91 Å². The molecule has 0 aliphatic rings. The van der Waals surface area contributed by atoms with Crippen LogP contribution in [0.25, 0.3) is 0 Å². The SMILES string of the molecule is CCOc1c(Cl)cc(C(=O)Nc2ccc(OC)c(OCCN(CC)CC)c2)cc1OC. The molecule has 2 aromatic carbocycles. The van der Waals surface area contributed by atoms with Gasteiger partial charge in [0, 0.05) is 23.9 Å². The van der Waals surface area contributed by atoms with Crippen molar-refractivity contribution in [2.45, 2.75) is 20.8 Å². The summed E-state index contributed by atoms with van der Waals surface area (Å²) in [4.78, 5) is 15.1. The maximum absolute atomic E-state index is 12.8. The number of ether oxygens (including phenoxy) is 4. The minimum atomic E-state index is -0.331. The molecule has 0 aliphatic heterocycles. The Morgan fingerprint density at radius 2 is 1.68 bits per heavy atom. The van der Waals surface area contributed by atoms with Crippen molar-refractivity contribution in [2.75, 3.05) is 52.4 Å². The van der Waals surface area contributed by atoms with E-state index in [0.717, 1.165) is 19.6 Å². The number of nitrogens with zero attached hydrogens (tertiary/aromatic N) is 1. The van der Waals surface area contributed by atoms with Gasteiger partial charge in [0.2, 0.25) is 0 Å². The summed E-state index contributed by atoms with van der Waals surface area (Å²) in [7, 11) is 3.08. The Morgan fingerprint density at radius 1 is 0.968 bits per heavy atom. The van der Waals surface area contributed by atoms with E-state index < -0.39 is 0 Å². The molecule has 170 valence electrons. The van der Waals surface area contributed by atoms with Gasteiger partial charge in [0.25, 0.3) is 5.91 Å². The number of hydrogen-bond acceptors (Lipinski definition) is 6. The van der Waals surface area contributed by atoms with E-state index >= 15 is 0 Å². The highest BCUT2D eigenvalue weighted by Crippen LogP contribution is 2.37. The molecule has 0 aliphatic carbocycles. The molecular weight excluding hydrogens is 420 g/mol. The summed E-state index contributed by atoms with van der Waals surface area (Å²) in [6.07, 6.45) is 0. The number of carbonyl (C=O) groups is 1. The standard InChI is InChI=1S/C23H31ClN2O5/c1-6-26(7-2)11-12-31-20-15-17(9-10-19(20)28-4)25-23(27)16-13-18(24)22(30-8-3)21(14-16)29-5/h9-10,13-15H,6-8,11-12H2,1-5H3,(H,25,27). The summed E-state index contributed by atoms with van der Waals surface area (Å²) >= 11 is 6.29. The van der Waals surface area contributed by atoms with Crippen molar-refractivity contribution >= 4 is 23.2 Å². The molecule has 2 aromatic rings. The zero-order chi connectivity index (χ0) is 22.8. The third-order valence-electron chi connectivity index (χ3n) is 4.76. The lowest BCUT2D eigenvalue weighted by Crippen LogP contribution is -2.28. The second-order valence-electron chi connectivity index (χ2n) is 6.62. The molecule has 0 heterocycles. The van der Waals surface area contributed by atoms with Gasteiger partial charge < -0.3 is 29.2 Å². The molecule has 1 amide bonds. The summed E-state index contributed by atoms with van der Waals surface area (Å²) in [6, 6.07) is 8.40. The molecule has 0 bridgehead atoms. The molecule has 31 heavy (non-hydrogen) atoms. The summed E-state index contributed by atoms with van der Waals surface area (Å²) in [6.45, 7) is 9.75. The molecule has 2 rings (SSSR count). The molecule has 0 spiro atoms. The second-order valence-corrected chi connectivity index (χ2v) is 7.02. The van der Waals surface area contributed by atoms with E-state index in [4.69, 9.17) is 30.5 Å². The largest absolute Gasteiger partial charge is 0.493 e. The topological polar surface area (TPSA) is 69.3 Å². The van der Waals surface area contributed by atoms with Crippen LogP contribution in [0.4, 0.5) is 5.69 Å². The molecule has 8 heteroatoms. The van der Waals surface area contributed by atoms with E-state index in [0.29, 0.717) is 52.5 Å². The molecule has 0 radical (unpaired) electrons. The Balaban J connectivity index is 2.16. The molecule has 0 atom stereocenters. The number of nitrogens with one attached hydrogen (secondary N) is 1. The first-order valence-corrected chi connectivity index (χ1v) is 10.7. The molecule has 1 N–H and O–H groups in total. The fourth-order valence-electron chi connectivity index (χ4n) is 3.03. The summed E-state index contributed by atoms with van der Waals surface area (Å²) in [5.74, 6) is 1.65. The number of methoxy groups -OCH3 is 2. The van der Waals surface area contributed by atoms with Crippen LogP contribution in [0, 0.1) is 0 Å². The molecule has 0 unspecified atom stereocenters. The van der Waals surface area contributed by atoms with Gasteiger partial charge in [-0.1, -0.05) is 25.4 Å². The summed E-state index contributed by atoms with van der Waals surface area (Å²) in [5, 5.41) is 3.17. The first kappa shape index (κ1) is 24.6. The van der Waals surface area contributed by atoms with Crippen LogP contribution in [0.15, 0.2) is 30.3 Å². The van der Waals surface area contributed by atoms with Gasteiger partial charge in [0.05, 0.1) is 25.8 Å². The Bertz CT molecular complexity index is 871. The number of likely N-dealkylation sites (N-methyl/N-ethyl adjacent to an activating group) is 1. The quantitative estimate of drug-likeness (QED) is 0.504. The minimum Gasteiger partial charge on any atom is -0.493 e. The van der Waals surface area contributed by atoms with Crippen LogP contribution in [-0.4, -0.2) is 57.9 Å². The van der Waals surface area contributed by atoms with Crippen molar-refractivity contribution in [3.63, 3.8) is 0 Å². The van der Waals surface area contributed by atoms with Crippen LogP contribution < -0.4 is 24.3 Å². The van der Waals surface area contributed by atoms with Gasteiger partial charge >= 0.3 is 0 Å². The Kier molecular flexibility index (Phi) is 9.75. The van der Waals surface area contributed by atoms with Crippen LogP contribution in [0.3, 0.4) is 0 Å². The second kappa shape index (κ2) is 12.3. The zero-order valence-corrected chi connectivity index (χ0v) is 19.5. The van der Waals surface area contributed by atoms with Gasteiger partial charge in [-0.3, -0.25) is 4.79 Å². The lowest BCUT2D eigenvalue weighted by molar-refractivity contribution is 0.102. The van der Waals surface area contributed by atoms with Crippen molar-refractivity contribution in [2.24, 2.45) is 0 Å². The Labute approximate surface area is 189 Å². The van der Waals surface area contributed by atoms with Gasteiger partial charge in [0.15, 0.2) is 23.0 Å². The number of carbonyl (C=O) groups excluding carboxylic acids is 1. The van der Waals surface area contributed by atoms with Gasteiger partial charge in [-0.05, 0) is 44.3 Å². The predicted molar refractivity (Wildman–Crippen MR) is 123 cm³/mol. The lowest BCUT2D eigenvalue weighted by Gasteiger charge is -2.19. The van der Waals surface area contributed by atoms with Crippen LogP contribution >= 0.6 is 11.6 Å². The highest BCUT2D eigenvalue weighted by molar-refractivity contribution is 6.32. The number of amides is 1. The van der Waals surface area contributed by atoms with Crippen LogP contribution in [0.1, 0.15) is 31.1 Å². The fourth-order valence-corrected chi connectivity index (χ4v) is 3.30. The van der Waals surface area contributed by atoms with Gasteiger partial charge in [-0.25, -0.2) is 0 Å². The molecule has 0 saturated carbocycles. The average molecular weight is 451 g/mol.